The highest BCUT2D eigenvalue weighted by Crippen LogP contribution is 2.32. The van der Waals surface area contributed by atoms with Crippen LogP contribution < -0.4 is 14.5 Å². The molecule has 11 heteroatoms. The lowest BCUT2D eigenvalue weighted by molar-refractivity contribution is 0.0989. The average molecular weight is 568 g/mol. The number of fused-ring (bicyclic) bond motifs is 1. The third kappa shape index (κ3) is 7.57. The Labute approximate surface area is 235 Å². The van der Waals surface area contributed by atoms with Crippen molar-refractivity contribution in [2.75, 3.05) is 50.1 Å². The maximum atomic E-state index is 13.4. The van der Waals surface area contributed by atoms with Crippen LogP contribution in [-0.2, 0) is 4.74 Å². The molecule has 0 spiro atoms. The molecule has 208 valence electrons. The number of thiophene rings is 1. The lowest BCUT2D eigenvalue weighted by Gasteiger charge is -2.24. The SMILES string of the molecule is CN(CCC(Oc1cccc(N2CCN(C)c3ncncc3C2=O)c1)c1cccs1)C(=O)OCC[Si](C)(C)C. The number of rotatable bonds is 10. The van der Waals surface area contributed by atoms with Crippen LogP contribution in [0.2, 0.25) is 25.7 Å². The van der Waals surface area contributed by atoms with Gasteiger partial charge in [-0.3, -0.25) is 4.79 Å². The minimum Gasteiger partial charge on any atom is -0.485 e. The second-order valence-corrected chi connectivity index (χ2v) is 17.5. The van der Waals surface area contributed by atoms with Gasteiger partial charge in [-0.15, -0.1) is 11.3 Å². The van der Waals surface area contributed by atoms with Crippen molar-refractivity contribution >= 4 is 42.9 Å². The van der Waals surface area contributed by atoms with E-state index in [1.165, 1.54) is 6.33 Å². The van der Waals surface area contributed by atoms with Gasteiger partial charge in [0.2, 0.25) is 0 Å². The molecule has 1 aliphatic rings. The van der Waals surface area contributed by atoms with Crippen LogP contribution in [0.3, 0.4) is 0 Å². The Balaban J connectivity index is 1.45. The lowest BCUT2D eigenvalue weighted by Crippen LogP contribution is -2.33. The smallest absolute Gasteiger partial charge is 0.409 e. The molecule has 1 aromatic carbocycles. The van der Waals surface area contributed by atoms with Gasteiger partial charge in [-0.05, 0) is 29.6 Å². The van der Waals surface area contributed by atoms with E-state index >= 15 is 0 Å². The van der Waals surface area contributed by atoms with Crippen LogP contribution in [0.25, 0.3) is 0 Å². The molecule has 2 amide bonds. The van der Waals surface area contributed by atoms with E-state index in [-0.39, 0.29) is 18.1 Å². The van der Waals surface area contributed by atoms with Gasteiger partial charge in [-0.25, -0.2) is 14.8 Å². The fourth-order valence-corrected chi connectivity index (χ4v) is 5.71. The molecule has 0 bridgehead atoms. The summed E-state index contributed by atoms with van der Waals surface area (Å²) < 4.78 is 12.0. The molecule has 3 aromatic rings. The summed E-state index contributed by atoms with van der Waals surface area (Å²) in [5.74, 6) is 1.14. The third-order valence-electron chi connectivity index (χ3n) is 6.57. The molecule has 0 radical (unpaired) electrons. The van der Waals surface area contributed by atoms with Gasteiger partial charge in [0.25, 0.3) is 5.91 Å². The standard InChI is InChI=1S/C28H37N5O4SSi/c1-31-13-14-33(27(34)23-19-29-20-30-26(23)31)21-8-6-9-22(18-21)37-24(25-10-7-16-38-25)11-12-32(2)28(35)36-15-17-39(3,4)5/h6-10,16,18-20,24H,11-15,17H2,1-5H3. The quantitative estimate of drug-likeness (QED) is 0.297. The van der Waals surface area contributed by atoms with E-state index in [2.05, 4.69) is 29.6 Å². The van der Waals surface area contributed by atoms with Crippen molar-refractivity contribution in [3.8, 4) is 5.75 Å². The predicted octanol–water partition coefficient (Wildman–Crippen LogP) is 5.55. The minimum atomic E-state index is -1.27. The van der Waals surface area contributed by atoms with E-state index < -0.39 is 8.07 Å². The van der Waals surface area contributed by atoms with Gasteiger partial charge >= 0.3 is 6.09 Å². The number of carbonyl (C=O) groups is 2. The van der Waals surface area contributed by atoms with Gasteiger partial charge in [0.05, 0.1) is 6.61 Å². The zero-order valence-corrected chi connectivity index (χ0v) is 25.1. The number of likely N-dealkylation sites (N-methyl/N-ethyl adjacent to an activating group) is 1. The van der Waals surface area contributed by atoms with Gasteiger partial charge in [-0.1, -0.05) is 31.8 Å². The first-order valence-corrected chi connectivity index (χ1v) is 17.7. The van der Waals surface area contributed by atoms with Gasteiger partial charge in [-0.2, -0.15) is 0 Å². The molecule has 0 aliphatic carbocycles. The first kappa shape index (κ1) is 28.6. The lowest BCUT2D eigenvalue weighted by atomic mass is 10.2. The van der Waals surface area contributed by atoms with Crippen molar-refractivity contribution in [3.63, 3.8) is 0 Å². The highest BCUT2D eigenvalue weighted by Gasteiger charge is 2.28. The fourth-order valence-electron chi connectivity index (χ4n) is 4.21. The van der Waals surface area contributed by atoms with Gasteiger partial charge < -0.3 is 24.2 Å². The number of aromatic nitrogens is 2. The molecular formula is C28H37N5O4SSi. The van der Waals surface area contributed by atoms with Gasteiger partial charge in [0, 0.05) is 71.1 Å². The molecule has 4 rings (SSSR count). The highest BCUT2D eigenvalue weighted by atomic mass is 32.1. The van der Waals surface area contributed by atoms with Gasteiger partial charge in [0.1, 0.15) is 29.6 Å². The first-order chi connectivity index (χ1) is 18.6. The van der Waals surface area contributed by atoms with Crippen LogP contribution in [0.15, 0.2) is 54.3 Å². The second kappa shape index (κ2) is 12.6. The van der Waals surface area contributed by atoms with Crippen LogP contribution in [0.4, 0.5) is 16.3 Å². The van der Waals surface area contributed by atoms with E-state index in [0.29, 0.717) is 49.8 Å². The third-order valence-corrected chi connectivity index (χ3v) is 9.24. The fraction of sp³-hybridized carbons (Fsp3) is 0.429. The normalized spacial score (nSPS) is 14.4. The van der Waals surface area contributed by atoms with E-state index in [1.807, 2.05) is 53.7 Å². The zero-order chi connectivity index (χ0) is 28.0. The Morgan fingerprint density at radius 2 is 2.03 bits per heavy atom. The number of ether oxygens (including phenoxy) is 2. The van der Waals surface area contributed by atoms with Crippen LogP contribution in [-0.4, -0.2) is 75.3 Å². The molecule has 1 aliphatic heterocycles. The van der Waals surface area contributed by atoms with Crippen molar-refractivity contribution in [1.82, 2.24) is 14.9 Å². The summed E-state index contributed by atoms with van der Waals surface area (Å²) >= 11 is 1.62. The average Bonchev–Trinajstić information content (AvgIpc) is 3.41. The van der Waals surface area contributed by atoms with E-state index in [0.717, 1.165) is 16.6 Å². The Morgan fingerprint density at radius 1 is 1.21 bits per heavy atom. The number of hydrogen-bond donors (Lipinski definition) is 0. The summed E-state index contributed by atoms with van der Waals surface area (Å²) in [6.07, 6.45) is 3.07. The summed E-state index contributed by atoms with van der Waals surface area (Å²) in [6.45, 7) is 8.87. The summed E-state index contributed by atoms with van der Waals surface area (Å²) in [5, 5.41) is 2.02. The topological polar surface area (TPSA) is 88.1 Å². The summed E-state index contributed by atoms with van der Waals surface area (Å²) in [4.78, 5) is 40.7. The zero-order valence-electron chi connectivity index (χ0n) is 23.3. The largest absolute Gasteiger partial charge is 0.485 e. The summed E-state index contributed by atoms with van der Waals surface area (Å²) in [6, 6.07) is 12.6. The Bertz CT molecular complexity index is 1270. The highest BCUT2D eigenvalue weighted by molar-refractivity contribution is 7.10. The molecule has 9 nitrogen and oxygen atoms in total. The molecule has 0 fully saturated rings. The van der Waals surface area contributed by atoms with Crippen molar-refractivity contribution in [2.45, 2.75) is 38.2 Å². The van der Waals surface area contributed by atoms with E-state index in [4.69, 9.17) is 9.47 Å². The maximum Gasteiger partial charge on any atom is 0.409 e. The molecule has 0 saturated heterocycles. The van der Waals surface area contributed by atoms with E-state index in [9.17, 15) is 9.59 Å². The van der Waals surface area contributed by atoms with E-state index in [1.54, 1.807) is 34.4 Å². The van der Waals surface area contributed by atoms with Gasteiger partial charge in [0.15, 0.2) is 0 Å². The van der Waals surface area contributed by atoms with Crippen LogP contribution in [0, 0.1) is 0 Å². The monoisotopic (exact) mass is 567 g/mol. The molecule has 39 heavy (non-hydrogen) atoms. The van der Waals surface area contributed by atoms with Crippen molar-refractivity contribution in [3.05, 3.63) is 64.7 Å². The van der Waals surface area contributed by atoms with Crippen LogP contribution >= 0.6 is 11.3 Å². The predicted molar refractivity (Wildman–Crippen MR) is 158 cm³/mol. The number of benzene rings is 1. The molecule has 1 atom stereocenters. The van der Waals surface area contributed by atoms with Crippen LogP contribution in [0.1, 0.15) is 27.8 Å². The summed E-state index contributed by atoms with van der Waals surface area (Å²) in [5.41, 5.74) is 1.22. The first-order valence-electron chi connectivity index (χ1n) is 13.1. The molecule has 2 aromatic heterocycles. The van der Waals surface area contributed by atoms with Crippen molar-refractivity contribution < 1.29 is 19.1 Å². The number of carbonyl (C=O) groups excluding carboxylic acids is 2. The molecule has 1 unspecified atom stereocenters. The number of nitrogens with zero attached hydrogens (tertiary/aromatic N) is 5. The Morgan fingerprint density at radius 3 is 2.77 bits per heavy atom. The number of hydrogen-bond acceptors (Lipinski definition) is 8. The van der Waals surface area contributed by atoms with Crippen molar-refractivity contribution in [1.29, 1.82) is 0 Å². The second-order valence-electron chi connectivity index (χ2n) is 10.9. The summed E-state index contributed by atoms with van der Waals surface area (Å²) in [7, 11) is 2.41. The van der Waals surface area contributed by atoms with Crippen molar-refractivity contribution in [2.24, 2.45) is 0 Å². The maximum absolute atomic E-state index is 13.4. The molecule has 0 saturated carbocycles. The Kier molecular flexibility index (Phi) is 9.23. The minimum absolute atomic E-state index is 0.142. The Hall–Kier alpha value is -3.44. The molecule has 0 N–H and O–H groups in total. The molecular weight excluding hydrogens is 530 g/mol. The van der Waals surface area contributed by atoms with Crippen LogP contribution in [0.5, 0.6) is 5.75 Å². The molecule has 3 heterocycles. The number of amides is 2. The number of anilines is 2.